The number of hydrogen-bond donors (Lipinski definition) is 1. The summed E-state index contributed by atoms with van der Waals surface area (Å²) in [4.78, 5) is 16.4. The maximum Gasteiger partial charge on any atom is 0.433 e. The van der Waals surface area contributed by atoms with Crippen molar-refractivity contribution in [1.82, 2.24) is 19.9 Å². The third-order valence-corrected chi connectivity index (χ3v) is 4.62. The van der Waals surface area contributed by atoms with Crippen LogP contribution in [0.3, 0.4) is 0 Å². The van der Waals surface area contributed by atoms with Crippen molar-refractivity contribution in [3.63, 3.8) is 0 Å². The molecule has 1 aromatic carbocycles. The molecule has 0 spiro atoms. The zero-order valence-corrected chi connectivity index (χ0v) is 16.5. The van der Waals surface area contributed by atoms with E-state index in [0.717, 1.165) is 22.3 Å². The number of fused-ring (bicyclic) bond motifs is 1. The average Bonchev–Trinajstić information content (AvgIpc) is 2.99. The van der Waals surface area contributed by atoms with Gasteiger partial charge in [0.25, 0.3) is 0 Å². The second-order valence-electron chi connectivity index (χ2n) is 7.18. The molecular formula is C21H20F4N4O. The van der Waals surface area contributed by atoms with Gasteiger partial charge in [0.2, 0.25) is 5.91 Å². The van der Waals surface area contributed by atoms with E-state index in [0.29, 0.717) is 11.3 Å². The minimum absolute atomic E-state index is 0.00493. The Morgan fingerprint density at radius 1 is 1.17 bits per heavy atom. The molecule has 9 heteroatoms. The lowest BCUT2D eigenvalue weighted by molar-refractivity contribution is -0.142. The molecule has 0 saturated heterocycles. The Balaban J connectivity index is 1.86. The highest BCUT2D eigenvalue weighted by Crippen LogP contribution is 2.30. The summed E-state index contributed by atoms with van der Waals surface area (Å²) in [7, 11) is 0. The lowest BCUT2D eigenvalue weighted by atomic mass is 9.96. The van der Waals surface area contributed by atoms with Crippen LogP contribution in [0.5, 0.6) is 0 Å². The third kappa shape index (κ3) is 4.50. The lowest BCUT2D eigenvalue weighted by Crippen LogP contribution is -2.30. The zero-order valence-electron chi connectivity index (χ0n) is 16.5. The van der Waals surface area contributed by atoms with Gasteiger partial charge < -0.3 is 5.32 Å². The van der Waals surface area contributed by atoms with Gasteiger partial charge in [0.1, 0.15) is 11.5 Å². The van der Waals surface area contributed by atoms with Crippen molar-refractivity contribution < 1.29 is 22.4 Å². The van der Waals surface area contributed by atoms with Crippen molar-refractivity contribution in [2.75, 3.05) is 0 Å². The van der Waals surface area contributed by atoms with E-state index in [1.165, 1.54) is 24.3 Å². The van der Waals surface area contributed by atoms with Crippen molar-refractivity contribution in [1.29, 1.82) is 0 Å². The molecule has 158 valence electrons. The van der Waals surface area contributed by atoms with E-state index in [2.05, 4.69) is 15.4 Å². The van der Waals surface area contributed by atoms with Crippen molar-refractivity contribution in [3.8, 4) is 0 Å². The van der Waals surface area contributed by atoms with E-state index >= 15 is 0 Å². The highest BCUT2D eigenvalue weighted by molar-refractivity contribution is 5.93. The molecule has 0 aliphatic heterocycles. The number of alkyl halides is 3. The maximum absolute atomic E-state index is 13.2. The molecule has 30 heavy (non-hydrogen) atoms. The molecule has 3 rings (SSSR count). The van der Waals surface area contributed by atoms with Crippen LogP contribution in [0, 0.1) is 18.7 Å². The zero-order chi connectivity index (χ0) is 22.1. The number of aromatic nitrogens is 3. The fraction of sp³-hybridized carbons (Fsp3) is 0.286. The molecule has 1 N–H and O–H groups in total. The van der Waals surface area contributed by atoms with E-state index in [1.54, 1.807) is 19.1 Å². The molecule has 3 aromatic rings. The molecule has 0 saturated carbocycles. The highest BCUT2D eigenvalue weighted by Gasteiger charge is 2.34. The Bertz CT molecular complexity index is 1080. The number of aryl methyl sites for hydroxylation is 1. The molecule has 0 aliphatic rings. The predicted octanol–water partition coefficient (Wildman–Crippen LogP) is 4.72. The van der Waals surface area contributed by atoms with Crippen LogP contribution in [-0.4, -0.2) is 20.5 Å². The molecule has 1 atom stereocenters. The largest absolute Gasteiger partial charge is 0.433 e. The van der Waals surface area contributed by atoms with Gasteiger partial charge in [-0.25, -0.2) is 13.9 Å². The van der Waals surface area contributed by atoms with Gasteiger partial charge >= 0.3 is 6.18 Å². The quantitative estimate of drug-likeness (QED) is 0.480. The molecule has 5 nitrogen and oxygen atoms in total. The normalized spacial score (nSPS) is 13.3. The number of amides is 1. The standard InChI is InChI=1S/C21H20F4N4O/c1-12(2)19(14-4-6-15(22)7-5-14)27-18(30)9-8-16-13(3)28-29-17(21(23,24)25)10-11-26-20(16)29/h4-12,19H,1-3H3,(H,27,30)/b9-8+. The first-order valence-electron chi connectivity index (χ1n) is 9.23. The first-order valence-corrected chi connectivity index (χ1v) is 9.23. The molecule has 2 aromatic heterocycles. The minimum atomic E-state index is -4.59. The number of nitrogens with zero attached hydrogens (tertiary/aromatic N) is 3. The van der Waals surface area contributed by atoms with Crippen LogP contribution < -0.4 is 5.32 Å². The summed E-state index contributed by atoms with van der Waals surface area (Å²) >= 11 is 0. The van der Waals surface area contributed by atoms with Gasteiger partial charge in [-0.2, -0.15) is 18.3 Å². The third-order valence-electron chi connectivity index (χ3n) is 4.62. The van der Waals surface area contributed by atoms with E-state index in [1.807, 2.05) is 13.8 Å². The van der Waals surface area contributed by atoms with Gasteiger partial charge in [-0.3, -0.25) is 4.79 Å². The van der Waals surface area contributed by atoms with Crippen molar-refractivity contribution in [2.45, 2.75) is 33.0 Å². The van der Waals surface area contributed by atoms with Gasteiger partial charge in [-0.1, -0.05) is 26.0 Å². The second kappa shape index (κ2) is 8.25. The number of rotatable bonds is 5. The Labute approximate surface area is 170 Å². The minimum Gasteiger partial charge on any atom is -0.345 e. The number of carbonyl (C=O) groups is 1. The fourth-order valence-corrected chi connectivity index (χ4v) is 3.14. The molecule has 1 unspecified atom stereocenters. The SMILES string of the molecule is Cc1nn2c(C(F)(F)F)ccnc2c1/C=C/C(=O)NC(c1ccc(F)cc1)C(C)C. The molecule has 0 aliphatic carbocycles. The summed E-state index contributed by atoms with van der Waals surface area (Å²) in [5.41, 5.74) is 0.430. The van der Waals surface area contributed by atoms with Crippen molar-refractivity contribution >= 4 is 17.6 Å². The van der Waals surface area contributed by atoms with Crippen LogP contribution in [-0.2, 0) is 11.0 Å². The molecule has 0 radical (unpaired) electrons. The topological polar surface area (TPSA) is 59.3 Å². The second-order valence-corrected chi connectivity index (χ2v) is 7.18. The smallest absolute Gasteiger partial charge is 0.345 e. The Kier molecular flexibility index (Phi) is 5.91. The summed E-state index contributed by atoms with van der Waals surface area (Å²) < 4.78 is 53.5. The van der Waals surface area contributed by atoms with Gasteiger partial charge in [-0.05, 0) is 42.7 Å². The maximum atomic E-state index is 13.2. The lowest BCUT2D eigenvalue weighted by Gasteiger charge is -2.22. The van der Waals surface area contributed by atoms with Gasteiger partial charge in [0, 0.05) is 17.8 Å². The van der Waals surface area contributed by atoms with E-state index < -0.39 is 17.8 Å². The van der Waals surface area contributed by atoms with Crippen LogP contribution in [0.4, 0.5) is 17.6 Å². The molecule has 1 amide bonds. The predicted molar refractivity (Wildman–Crippen MR) is 104 cm³/mol. The van der Waals surface area contributed by atoms with Crippen LogP contribution in [0.25, 0.3) is 11.7 Å². The summed E-state index contributed by atoms with van der Waals surface area (Å²) in [6.07, 6.45) is -0.912. The van der Waals surface area contributed by atoms with E-state index in [-0.39, 0.29) is 23.4 Å². The average molecular weight is 420 g/mol. The van der Waals surface area contributed by atoms with Crippen molar-refractivity contribution in [3.05, 3.63) is 70.9 Å². The summed E-state index contributed by atoms with van der Waals surface area (Å²) in [6, 6.07) is 6.32. The summed E-state index contributed by atoms with van der Waals surface area (Å²) in [6.45, 7) is 5.37. The molecule has 0 bridgehead atoms. The Morgan fingerprint density at radius 2 is 1.83 bits per heavy atom. The number of carbonyl (C=O) groups excluding carboxylic acids is 1. The van der Waals surface area contributed by atoms with E-state index in [4.69, 9.17) is 0 Å². The molecule has 0 fully saturated rings. The van der Waals surface area contributed by atoms with E-state index in [9.17, 15) is 22.4 Å². The number of nitrogens with one attached hydrogen (secondary N) is 1. The highest BCUT2D eigenvalue weighted by atomic mass is 19.4. The van der Waals surface area contributed by atoms with Gasteiger partial charge in [-0.15, -0.1) is 0 Å². The summed E-state index contributed by atoms with van der Waals surface area (Å²) in [5.74, 6) is -0.784. The first kappa shape index (κ1) is 21.5. The fourth-order valence-electron chi connectivity index (χ4n) is 3.14. The Hall–Kier alpha value is -3.23. The van der Waals surface area contributed by atoms with Crippen LogP contribution >= 0.6 is 0 Å². The first-order chi connectivity index (χ1) is 14.1. The van der Waals surface area contributed by atoms with Crippen molar-refractivity contribution in [2.24, 2.45) is 5.92 Å². The van der Waals surface area contributed by atoms with Crippen LogP contribution in [0.1, 0.15) is 42.4 Å². The molecular weight excluding hydrogens is 400 g/mol. The number of halogens is 4. The van der Waals surface area contributed by atoms with Gasteiger partial charge in [0.15, 0.2) is 5.65 Å². The monoisotopic (exact) mass is 420 g/mol. The van der Waals surface area contributed by atoms with Crippen LogP contribution in [0.2, 0.25) is 0 Å². The molecule has 2 heterocycles. The Morgan fingerprint density at radius 3 is 2.43 bits per heavy atom. The van der Waals surface area contributed by atoms with Gasteiger partial charge in [0.05, 0.1) is 11.7 Å². The summed E-state index contributed by atoms with van der Waals surface area (Å²) in [5, 5.41) is 6.76. The van der Waals surface area contributed by atoms with Crippen LogP contribution in [0.15, 0.2) is 42.6 Å². The number of benzene rings is 1. The number of hydrogen-bond acceptors (Lipinski definition) is 3.